The lowest BCUT2D eigenvalue weighted by atomic mass is 10.0. The summed E-state index contributed by atoms with van der Waals surface area (Å²) in [5.74, 6) is 0. The first-order valence-corrected chi connectivity index (χ1v) is 5.26. The van der Waals surface area contributed by atoms with Crippen molar-refractivity contribution in [1.29, 1.82) is 0 Å². The average molecular weight is 211 g/mol. The summed E-state index contributed by atoms with van der Waals surface area (Å²) in [7, 11) is 6.02. The molecular weight excluding hydrogens is 190 g/mol. The average Bonchev–Trinajstić information content (AvgIpc) is 2.38. The maximum atomic E-state index is 9.08. The van der Waals surface area contributed by atoms with Crippen molar-refractivity contribution in [3.05, 3.63) is 17.0 Å². The molecule has 0 aliphatic carbocycles. The lowest BCUT2D eigenvalue weighted by Crippen LogP contribution is -2.22. The van der Waals surface area contributed by atoms with Crippen LogP contribution in [0.25, 0.3) is 0 Å². The standard InChI is InChI=1S/C11H21N3O/c1-8-11(9(2)14(5)12-8)10(6-7-15)13(3)4/h10,15H,6-7H2,1-5H3. The summed E-state index contributed by atoms with van der Waals surface area (Å²) in [6, 6.07) is 0.253. The molecule has 1 heterocycles. The minimum absolute atomic E-state index is 0.205. The summed E-state index contributed by atoms with van der Waals surface area (Å²) in [6.07, 6.45) is 0.750. The van der Waals surface area contributed by atoms with E-state index in [4.69, 9.17) is 5.11 Å². The van der Waals surface area contributed by atoms with E-state index in [-0.39, 0.29) is 12.6 Å². The number of aliphatic hydroxyl groups excluding tert-OH is 1. The number of hydrogen-bond donors (Lipinski definition) is 1. The molecule has 0 radical (unpaired) electrons. The first-order valence-electron chi connectivity index (χ1n) is 5.26. The minimum Gasteiger partial charge on any atom is -0.396 e. The largest absolute Gasteiger partial charge is 0.396 e. The topological polar surface area (TPSA) is 41.3 Å². The van der Waals surface area contributed by atoms with E-state index in [0.29, 0.717) is 0 Å². The van der Waals surface area contributed by atoms with Gasteiger partial charge in [-0.15, -0.1) is 0 Å². The molecule has 1 atom stereocenters. The van der Waals surface area contributed by atoms with Gasteiger partial charge in [0.15, 0.2) is 0 Å². The molecule has 0 saturated carbocycles. The molecular formula is C11H21N3O. The Kier molecular flexibility index (Phi) is 3.88. The molecule has 0 spiro atoms. The first kappa shape index (κ1) is 12.2. The van der Waals surface area contributed by atoms with E-state index in [1.807, 2.05) is 32.7 Å². The van der Waals surface area contributed by atoms with Crippen molar-refractivity contribution in [2.75, 3.05) is 20.7 Å². The van der Waals surface area contributed by atoms with E-state index in [1.165, 1.54) is 11.3 Å². The van der Waals surface area contributed by atoms with Crippen LogP contribution >= 0.6 is 0 Å². The van der Waals surface area contributed by atoms with Gasteiger partial charge in [-0.25, -0.2) is 0 Å². The van der Waals surface area contributed by atoms with Gasteiger partial charge < -0.3 is 10.0 Å². The van der Waals surface area contributed by atoms with Crippen molar-refractivity contribution in [3.8, 4) is 0 Å². The molecule has 1 aromatic heterocycles. The number of aliphatic hydroxyl groups is 1. The molecule has 0 aliphatic heterocycles. The number of aromatic nitrogens is 2. The van der Waals surface area contributed by atoms with Crippen LogP contribution in [-0.2, 0) is 7.05 Å². The van der Waals surface area contributed by atoms with Crippen molar-refractivity contribution in [3.63, 3.8) is 0 Å². The quantitative estimate of drug-likeness (QED) is 0.808. The molecule has 4 heteroatoms. The van der Waals surface area contributed by atoms with Crippen LogP contribution in [0.4, 0.5) is 0 Å². The zero-order valence-electron chi connectivity index (χ0n) is 10.3. The van der Waals surface area contributed by atoms with E-state index < -0.39 is 0 Å². The predicted molar refractivity (Wildman–Crippen MR) is 60.8 cm³/mol. The van der Waals surface area contributed by atoms with Gasteiger partial charge in [0.2, 0.25) is 0 Å². The van der Waals surface area contributed by atoms with Gasteiger partial charge in [0.1, 0.15) is 0 Å². The van der Waals surface area contributed by atoms with Crippen LogP contribution < -0.4 is 0 Å². The Morgan fingerprint density at radius 2 is 2.00 bits per heavy atom. The molecule has 0 saturated heterocycles. The Morgan fingerprint density at radius 1 is 1.40 bits per heavy atom. The third kappa shape index (κ3) is 2.38. The van der Waals surface area contributed by atoms with Crippen LogP contribution in [0, 0.1) is 13.8 Å². The van der Waals surface area contributed by atoms with Crippen molar-refractivity contribution in [2.45, 2.75) is 26.3 Å². The van der Waals surface area contributed by atoms with Crippen LogP contribution in [0.5, 0.6) is 0 Å². The summed E-state index contributed by atoms with van der Waals surface area (Å²) < 4.78 is 1.90. The number of hydrogen-bond acceptors (Lipinski definition) is 3. The molecule has 0 bridgehead atoms. The Hall–Kier alpha value is -0.870. The SMILES string of the molecule is Cc1nn(C)c(C)c1C(CCO)N(C)C. The van der Waals surface area contributed by atoms with Crippen molar-refractivity contribution < 1.29 is 5.11 Å². The lowest BCUT2D eigenvalue weighted by Gasteiger charge is -2.24. The Bertz CT molecular complexity index is 331. The highest BCUT2D eigenvalue weighted by molar-refractivity contribution is 5.28. The van der Waals surface area contributed by atoms with Crippen LogP contribution in [0.15, 0.2) is 0 Å². The molecule has 1 rings (SSSR count). The fourth-order valence-corrected chi connectivity index (χ4v) is 2.06. The predicted octanol–water partition coefficient (Wildman–Crippen LogP) is 1.02. The van der Waals surface area contributed by atoms with Crippen LogP contribution in [0.3, 0.4) is 0 Å². The molecule has 4 nitrogen and oxygen atoms in total. The molecule has 0 amide bonds. The number of nitrogens with zero attached hydrogens (tertiary/aromatic N) is 3. The lowest BCUT2D eigenvalue weighted by molar-refractivity contribution is 0.210. The molecule has 0 fully saturated rings. The molecule has 86 valence electrons. The van der Waals surface area contributed by atoms with Gasteiger partial charge in [-0.05, 0) is 34.4 Å². The van der Waals surface area contributed by atoms with E-state index in [1.54, 1.807) is 0 Å². The minimum atomic E-state index is 0.205. The molecule has 1 unspecified atom stereocenters. The maximum Gasteiger partial charge on any atom is 0.0644 e. The van der Waals surface area contributed by atoms with Crippen molar-refractivity contribution in [2.24, 2.45) is 7.05 Å². The van der Waals surface area contributed by atoms with Crippen LogP contribution in [0.2, 0.25) is 0 Å². The Labute approximate surface area is 91.5 Å². The highest BCUT2D eigenvalue weighted by atomic mass is 16.3. The molecule has 0 aromatic carbocycles. The fraction of sp³-hybridized carbons (Fsp3) is 0.727. The summed E-state index contributed by atoms with van der Waals surface area (Å²) >= 11 is 0. The van der Waals surface area contributed by atoms with Crippen molar-refractivity contribution >= 4 is 0 Å². The van der Waals surface area contributed by atoms with Gasteiger partial charge in [-0.3, -0.25) is 4.68 Å². The second kappa shape index (κ2) is 4.77. The summed E-state index contributed by atoms with van der Waals surface area (Å²) in [5, 5.41) is 13.5. The zero-order chi connectivity index (χ0) is 11.6. The van der Waals surface area contributed by atoms with E-state index in [0.717, 1.165) is 12.1 Å². The van der Waals surface area contributed by atoms with Crippen molar-refractivity contribution in [1.82, 2.24) is 14.7 Å². The highest BCUT2D eigenvalue weighted by Crippen LogP contribution is 2.27. The maximum absolute atomic E-state index is 9.08. The molecule has 15 heavy (non-hydrogen) atoms. The third-order valence-electron chi connectivity index (χ3n) is 2.92. The first-order chi connectivity index (χ1) is 6.99. The molecule has 0 aliphatic rings. The highest BCUT2D eigenvalue weighted by Gasteiger charge is 2.21. The monoisotopic (exact) mass is 211 g/mol. The fourth-order valence-electron chi connectivity index (χ4n) is 2.06. The zero-order valence-corrected chi connectivity index (χ0v) is 10.3. The van der Waals surface area contributed by atoms with Gasteiger partial charge in [-0.1, -0.05) is 0 Å². The molecule has 1 aromatic rings. The van der Waals surface area contributed by atoms with Gasteiger partial charge in [0.05, 0.1) is 5.69 Å². The van der Waals surface area contributed by atoms with Gasteiger partial charge >= 0.3 is 0 Å². The Morgan fingerprint density at radius 3 is 2.33 bits per heavy atom. The number of rotatable bonds is 4. The van der Waals surface area contributed by atoms with Crippen LogP contribution in [0.1, 0.15) is 29.4 Å². The summed E-state index contributed by atoms with van der Waals surface area (Å²) in [6.45, 7) is 4.30. The summed E-state index contributed by atoms with van der Waals surface area (Å²) in [5.41, 5.74) is 3.48. The number of aryl methyl sites for hydroxylation is 2. The second-order valence-electron chi connectivity index (χ2n) is 4.20. The summed E-state index contributed by atoms with van der Waals surface area (Å²) in [4.78, 5) is 2.13. The van der Waals surface area contributed by atoms with Crippen LogP contribution in [-0.4, -0.2) is 40.5 Å². The van der Waals surface area contributed by atoms with E-state index in [9.17, 15) is 0 Å². The van der Waals surface area contributed by atoms with Gasteiger partial charge in [0, 0.05) is 31.0 Å². The second-order valence-corrected chi connectivity index (χ2v) is 4.20. The van der Waals surface area contributed by atoms with E-state index in [2.05, 4.69) is 16.9 Å². The molecule has 1 N–H and O–H groups in total. The van der Waals surface area contributed by atoms with Gasteiger partial charge in [0.25, 0.3) is 0 Å². The Balaban J connectivity index is 3.10. The van der Waals surface area contributed by atoms with E-state index >= 15 is 0 Å². The third-order valence-corrected chi connectivity index (χ3v) is 2.92. The van der Waals surface area contributed by atoms with Gasteiger partial charge in [-0.2, -0.15) is 5.10 Å². The smallest absolute Gasteiger partial charge is 0.0644 e. The normalized spacial score (nSPS) is 13.5.